The minimum Gasteiger partial charge on any atom is -0.374 e. The first-order valence-corrected chi connectivity index (χ1v) is 9.85. The van der Waals surface area contributed by atoms with Gasteiger partial charge in [-0.1, -0.05) is 11.2 Å². The number of amides is 3. The lowest BCUT2D eigenvalue weighted by Gasteiger charge is -2.33. The Morgan fingerprint density at radius 1 is 1.23 bits per heavy atom. The number of rotatable bonds is 8. The maximum Gasteiger partial charge on any atom is 0.315 e. The van der Waals surface area contributed by atoms with Crippen LogP contribution in [0, 0.1) is 11.6 Å². The van der Waals surface area contributed by atoms with Gasteiger partial charge in [0.25, 0.3) is 11.7 Å². The average molecular weight is 438 g/mol. The molecule has 0 aliphatic carbocycles. The molecule has 0 bridgehead atoms. The minimum atomic E-state index is -0.875. The number of hydrogen-bond donors (Lipinski definition) is 3. The van der Waals surface area contributed by atoms with E-state index in [1.165, 1.54) is 6.07 Å². The highest BCUT2D eigenvalue weighted by Gasteiger charge is 2.21. The lowest BCUT2D eigenvalue weighted by atomic mass is 10.1. The Morgan fingerprint density at radius 3 is 2.84 bits per heavy atom. The smallest absolute Gasteiger partial charge is 0.315 e. The summed E-state index contributed by atoms with van der Waals surface area (Å²) in [6.07, 6.45) is -0.252. The van der Waals surface area contributed by atoms with Gasteiger partial charge in [0, 0.05) is 32.7 Å². The Morgan fingerprint density at radius 2 is 2.06 bits per heavy atom. The van der Waals surface area contributed by atoms with Gasteiger partial charge in [-0.3, -0.25) is 9.69 Å². The van der Waals surface area contributed by atoms with Gasteiger partial charge in [-0.25, -0.2) is 13.6 Å². The summed E-state index contributed by atoms with van der Waals surface area (Å²) in [4.78, 5) is 29.5. The molecule has 0 spiro atoms. The van der Waals surface area contributed by atoms with Crippen molar-refractivity contribution in [1.82, 2.24) is 31.0 Å². The summed E-state index contributed by atoms with van der Waals surface area (Å²) in [5.41, 5.74) is 0.664. The molecule has 168 valence electrons. The number of nitrogens with one attached hydrogen (secondary N) is 3. The summed E-state index contributed by atoms with van der Waals surface area (Å²) in [7, 11) is 0. The van der Waals surface area contributed by atoms with Crippen molar-refractivity contribution >= 4 is 11.9 Å². The van der Waals surface area contributed by atoms with E-state index in [1.807, 2.05) is 4.90 Å². The summed E-state index contributed by atoms with van der Waals surface area (Å²) in [6.45, 7) is 4.51. The zero-order valence-corrected chi connectivity index (χ0v) is 17.0. The summed E-state index contributed by atoms with van der Waals surface area (Å²) in [6, 6.07) is 3.37. The second kappa shape index (κ2) is 10.8. The van der Waals surface area contributed by atoms with E-state index in [2.05, 4.69) is 26.1 Å². The number of carbonyl (C=O) groups excluding carboxylic acids is 2. The molecule has 2 heterocycles. The van der Waals surface area contributed by atoms with Crippen LogP contribution in [0.1, 0.15) is 29.0 Å². The van der Waals surface area contributed by atoms with Gasteiger partial charge < -0.3 is 25.2 Å². The molecule has 1 aliphatic heterocycles. The lowest BCUT2D eigenvalue weighted by molar-refractivity contribution is -0.0287. The van der Waals surface area contributed by atoms with Gasteiger partial charge in [0.05, 0.1) is 19.3 Å². The molecular formula is C19H24F2N6O4. The predicted octanol–water partition coefficient (Wildman–Crippen LogP) is 0.798. The second-order valence-corrected chi connectivity index (χ2v) is 6.91. The third-order valence-electron chi connectivity index (χ3n) is 4.51. The normalized spacial score (nSPS) is 16.7. The van der Waals surface area contributed by atoms with E-state index in [0.717, 1.165) is 6.07 Å². The Kier molecular flexibility index (Phi) is 7.84. The van der Waals surface area contributed by atoms with E-state index < -0.39 is 23.6 Å². The van der Waals surface area contributed by atoms with Crippen LogP contribution in [0.15, 0.2) is 22.7 Å². The molecule has 1 aromatic heterocycles. The summed E-state index contributed by atoms with van der Waals surface area (Å²) >= 11 is 0. The summed E-state index contributed by atoms with van der Waals surface area (Å²) < 4.78 is 37.0. The standard InChI is InChI=1S/C19H24F2N6O4/c1-2-22-18(28)17-25-16(31-26-17)9-24-19(29)23-8-13-11-27(5-6-30-13)10-12-3-4-14(20)15(21)7-12/h3-4,7,13H,2,5-6,8-11H2,1H3,(H,22,28)(H2,23,24,29)/t13-/m0/s1. The van der Waals surface area contributed by atoms with Gasteiger partial charge in [-0.15, -0.1) is 0 Å². The Bertz CT molecular complexity index is 909. The van der Waals surface area contributed by atoms with Crippen molar-refractivity contribution in [2.75, 3.05) is 32.8 Å². The third kappa shape index (κ3) is 6.69. The predicted molar refractivity (Wildman–Crippen MR) is 104 cm³/mol. The van der Waals surface area contributed by atoms with Crippen molar-refractivity contribution in [3.8, 4) is 0 Å². The van der Waals surface area contributed by atoms with E-state index in [9.17, 15) is 18.4 Å². The van der Waals surface area contributed by atoms with Crippen molar-refractivity contribution in [3.05, 3.63) is 47.1 Å². The van der Waals surface area contributed by atoms with Gasteiger partial charge in [0.15, 0.2) is 11.6 Å². The molecular weight excluding hydrogens is 414 g/mol. The topological polar surface area (TPSA) is 122 Å². The van der Waals surface area contributed by atoms with Gasteiger partial charge in [-0.2, -0.15) is 4.98 Å². The summed E-state index contributed by atoms with van der Waals surface area (Å²) in [5.74, 6) is -2.21. The van der Waals surface area contributed by atoms with E-state index >= 15 is 0 Å². The monoisotopic (exact) mass is 438 g/mol. The van der Waals surface area contributed by atoms with Crippen molar-refractivity contribution in [1.29, 1.82) is 0 Å². The molecule has 1 aromatic carbocycles. The first-order valence-electron chi connectivity index (χ1n) is 9.85. The maximum absolute atomic E-state index is 13.4. The van der Waals surface area contributed by atoms with E-state index in [4.69, 9.17) is 9.26 Å². The molecule has 3 amide bonds. The number of benzene rings is 1. The van der Waals surface area contributed by atoms with Gasteiger partial charge in [0.1, 0.15) is 0 Å². The molecule has 1 aliphatic rings. The Labute approximate surface area is 177 Å². The molecule has 0 saturated carbocycles. The number of morpholine rings is 1. The van der Waals surface area contributed by atoms with Crippen LogP contribution in [-0.4, -0.2) is 65.9 Å². The van der Waals surface area contributed by atoms with Crippen LogP contribution in [0.2, 0.25) is 0 Å². The Hall–Kier alpha value is -3.12. The largest absolute Gasteiger partial charge is 0.374 e. The molecule has 1 atom stereocenters. The average Bonchev–Trinajstić information content (AvgIpc) is 3.23. The molecule has 2 aromatic rings. The first kappa shape index (κ1) is 22.6. The molecule has 12 heteroatoms. The molecule has 3 rings (SSSR count). The van der Waals surface area contributed by atoms with Gasteiger partial charge in [0.2, 0.25) is 5.89 Å². The maximum atomic E-state index is 13.4. The number of urea groups is 1. The fraction of sp³-hybridized carbons (Fsp3) is 0.474. The molecule has 3 N–H and O–H groups in total. The molecule has 1 saturated heterocycles. The van der Waals surface area contributed by atoms with Crippen LogP contribution in [-0.2, 0) is 17.8 Å². The number of ether oxygens (including phenoxy) is 1. The van der Waals surface area contributed by atoms with Crippen molar-refractivity contribution < 1.29 is 27.6 Å². The van der Waals surface area contributed by atoms with Crippen LogP contribution in [0.3, 0.4) is 0 Å². The van der Waals surface area contributed by atoms with Gasteiger partial charge in [-0.05, 0) is 24.6 Å². The zero-order valence-electron chi connectivity index (χ0n) is 17.0. The lowest BCUT2D eigenvalue weighted by Crippen LogP contribution is -2.48. The highest BCUT2D eigenvalue weighted by atomic mass is 19.2. The number of hydrogen-bond acceptors (Lipinski definition) is 7. The first-order chi connectivity index (χ1) is 14.9. The second-order valence-electron chi connectivity index (χ2n) is 6.91. The van der Waals surface area contributed by atoms with Crippen molar-refractivity contribution in [2.24, 2.45) is 0 Å². The van der Waals surface area contributed by atoms with Gasteiger partial charge >= 0.3 is 6.03 Å². The fourth-order valence-electron chi connectivity index (χ4n) is 3.03. The van der Waals surface area contributed by atoms with E-state index in [0.29, 0.717) is 38.3 Å². The highest BCUT2D eigenvalue weighted by Crippen LogP contribution is 2.13. The van der Waals surface area contributed by atoms with E-state index in [1.54, 1.807) is 13.0 Å². The van der Waals surface area contributed by atoms with Crippen LogP contribution >= 0.6 is 0 Å². The number of halogens is 2. The number of aromatic nitrogens is 2. The quantitative estimate of drug-likeness (QED) is 0.557. The number of carbonyl (C=O) groups is 2. The van der Waals surface area contributed by atoms with Crippen LogP contribution < -0.4 is 16.0 Å². The van der Waals surface area contributed by atoms with Crippen molar-refractivity contribution in [3.63, 3.8) is 0 Å². The highest BCUT2D eigenvalue weighted by molar-refractivity contribution is 5.90. The third-order valence-corrected chi connectivity index (χ3v) is 4.51. The summed E-state index contributed by atoms with van der Waals surface area (Å²) in [5, 5.41) is 11.3. The molecule has 1 fully saturated rings. The zero-order chi connectivity index (χ0) is 22.2. The van der Waals surface area contributed by atoms with Crippen LogP contribution in [0.25, 0.3) is 0 Å². The van der Waals surface area contributed by atoms with Crippen LogP contribution in [0.5, 0.6) is 0 Å². The minimum absolute atomic E-state index is 0.0357. The fourth-order valence-corrected chi connectivity index (χ4v) is 3.03. The molecule has 0 unspecified atom stereocenters. The SMILES string of the molecule is CCNC(=O)c1noc(CNC(=O)NC[C@H]2CN(Cc3ccc(F)c(F)c3)CCO2)n1. The molecule has 0 radical (unpaired) electrons. The van der Waals surface area contributed by atoms with E-state index in [-0.39, 0.29) is 30.9 Å². The molecule has 31 heavy (non-hydrogen) atoms. The van der Waals surface area contributed by atoms with Crippen LogP contribution in [0.4, 0.5) is 13.6 Å². The Balaban J connectivity index is 1.39. The molecule has 10 nitrogen and oxygen atoms in total. The van der Waals surface area contributed by atoms with Crippen molar-refractivity contribution in [2.45, 2.75) is 26.1 Å². The number of nitrogens with zero attached hydrogens (tertiary/aromatic N) is 3.